The summed E-state index contributed by atoms with van der Waals surface area (Å²) in [6, 6.07) is -0.712. The molecule has 0 aliphatic heterocycles. The summed E-state index contributed by atoms with van der Waals surface area (Å²) >= 11 is 0. The second-order valence-corrected chi connectivity index (χ2v) is 18.2. The number of esters is 1. The van der Waals surface area contributed by atoms with Crippen molar-refractivity contribution in [1.82, 2.24) is 5.32 Å². The number of aliphatic hydroxyl groups excluding tert-OH is 2. The molecule has 1 amide bonds. The van der Waals surface area contributed by atoms with Crippen molar-refractivity contribution in [3.05, 3.63) is 60.8 Å². The van der Waals surface area contributed by atoms with E-state index in [4.69, 9.17) is 4.74 Å². The van der Waals surface area contributed by atoms with Crippen LogP contribution in [0, 0.1) is 0 Å². The number of allylic oxidation sites excluding steroid dienone is 10. The predicted octanol–water partition coefficient (Wildman–Crippen LogP) is 16.4. The minimum atomic E-state index is -0.796. The summed E-state index contributed by atoms with van der Waals surface area (Å²) in [6.07, 6.45) is 62.8. The second-order valence-electron chi connectivity index (χ2n) is 18.2. The Morgan fingerprint density at radius 2 is 0.857 bits per heavy atom. The van der Waals surface area contributed by atoms with Crippen molar-refractivity contribution in [3.63, 3.8) is 0 Å². The van der Waals surface area contributed by atoms with Gasteiger partial charge >= 0.3 is 5.97 Å². The van der Waals surface area contributed by atoms with Gasteiger partial charge in [0.2, 0.25) is 5.91 Å². The average Bonchev–Trinajstić information content (AvgIpc) is 3.28. The lowest BCUT2D eigenvalue weighted by molar-refractivity contribution is -0.151. The summed E-state index contributed by atoms with van der Waals surface area (Å²) in [5.41, 5.74) is 0. The maximum absolute atomic E-state index is 13.2. The molecule has 0 fully saturated rings. The standard InChI is InChI=1S/C57H103NO5/c1-4-7-10-13-16-19-22-25-27-28-29-32-35-38-41-44-47-50-57(62)63-53(48-45-42-39-36-33-31-26-23-20-17-14-11-8-5-2)51-56(61)58-54(52-59)55(60)49-46-43-40-37-34-30-24-21-18-15-12-9-6-3/h8,11,16-17,19-20,25-27,31,53-55,59-60H,4-7,9-10,12-15,18,21-24,28-30,32-52H2,1-3H3,(H,58,61)/b11-8+,19-16-,20-17+,27-25-,31-26+. The predicted molar refractivity (Wildman–Crippen MR) is 273 cm³/mol. The largest absolute Gasteiger partial charge is 0.462 e. The molecule has 0 bridgehead atoms. The summed E-state index contributed by atoms with van der Waals surface area (Å²) in [7, 11) is 0. The molecule has 0 aliphatic rings. The van der Waals surface area contributed by atoms with Crippen molar-refractivity contribution in [2.45, 2.75) is 283 Å². The van der Waals surface area contributed by atoms with Crippen molar-refractivity contribution in [1.29, 1.82) is 0 Å². The van der Waals surface area contributed by atoms with Crippen LogP contribution in [-0.4, -0.2) is 46.9 Å². The molecular formula is C57H103NO5. The van der Waals surface area contributed by atoms with Crippen LogP contribution in [0.5, 0.6) is 0 Å². The third-order valence-electron chi connectivity index (χ3n) is 12.1. The molecule has 0 aromatic rings. The molecule has 0 saturated carbocycles. The molecular weight excluding hydrogens is 779 g/mol. The molecule has 0 aliphatic carbocycles. The molecule has 3 atom stereocenters. The van der Waals surface area contributed by atoms with Gasteiger partial charge in [-0.05, 0) is 89.9 Å². The molecule has 3 N–H and O–H groups in total. The van der Waals surface area contributed by atoms with Crippen LogP contribution >= 0.6 is 0 Å². The Kier molecular flexibility index (Phi) is 48.6. The Hall–Kier alpha value is -2.44. The zero-order valence-electron chi connectivity index (χ0n) is 41.7. The molecule has 3 unspecified atom stereocenters. The lowest BCUT2D eigenvalue weighted by Gasteiger charge is -2.24. The topological polar surface area (TPSA) is 95.9 Å². The highest BCUT2D eigenvalue weighted by Crippen LogP contribution is 2.18. The van der Waals surface area contributed by atoms with Gasteiger partial charge in [-0.3, -0.25) is 9.59 Å². The van der Waals surface area contributed by atoms with Gasteiger partial charge in [0.15, 0.2) is 0 Å². The first-order valence-corrected chi connectivity index (χ1v) is 27.0. The van der Waals surface area contributed by atoms with Crippen LogP contribution in [0.4, 0.5) is 0 Å². The number of carbonyl (C=O) groups excluding carboxylic acids is 2. The van der Waals surface area contributed by atoms with E-state index in [9.17, 15) is 19.8 Å². The van der Waals surface area contributed by atoms with Gasteiger partial charge in [-0.2, -0.15) is 0 Å². The number of hydrogen-bond acceptors (Lipinski definition) is 5. The second kappa shape index (κ2) is 50.6. The van der Waals surface area contributed by atoms with E-state index < -0.39 is 18.2 Å². The van der Waals surface area contributed by atoms with Crippen LogP contribution in [0.2, 0.25) is 0 Å². The third kappa shape index (κ3) is 45.9. The molecule has 6 heteroatoms. The van der Waals surface area contributed by atoms with Gasteiger partial charge in [-0.25, -0.2) is 0 Å². The van der Waals surface area contributed by atoms with E-state index in [1.807, 2.05) is 0 Å². The number of amides is 1. The van der Waals surface area contributed by atoms with Gasteiger partial charge in [-0.1, -0.05) is 223 Å². The molecule has 0 rings (SSSR count). The first-order chi connectivity index (χ1) is 31.0. The highest BCUT2D eigenvalue weighted by atomic mass is 16.5. The first kappa shape index (κ1) is 60.6. The highest BCUT2D eigenvalue weighted by molar-refractivity contribution is 5.77. The fourth-order valence-corrected chi connectivity index (χ4v) is 8.00. The van der Waals surface area contributed by atoms with E-state index in [1.165, 1.54) is 116 Å². The molecule has 0 radical (unpaired) electrons. The SMILES string of the molecule is CC/C=C/C/C=C/C/C=C/CCCCCCC(CC(=O)NC(CO)C(O)CCCCCCCCCCCCCCC)OC(=O)CCCCCCCCC/C=C\C/C=C\CCCCC. The Morgan fingerprint density at radius 3 is 1.33 bits per heavy atom. The highest BCUT2D eigenvalue weighted by Gasteiger charge is 2.24. The molecule has 366 valence electrons. The summed E-state index contributed by atoms with van der Waals surface area (Å²) in [4.78, 5) is 26.2. The lowest BCUT2D eigenvalue weighted by Crippen LogP contribution is -2.46. The van der Waals surface area contributed by atoms with Crippen molar-refractivity contribution < 1.29 is 24.5 Å². The normalized spacial score (nSPS) is 13.7. The van der Waals surface area contributed by atoms with E-state index in [2.05, 4.69) is 86.8 Å². The number of hydrogen-bond donors (Lipinski definition) is 3. The number of unbranched alkanes of at least 4 members (excludes halogenated alkanes) is 26. The number of rotatable bonds is 48. The molecule has 0 spiro atoms. The zero-order chi connectivity index (χ0) is 45.9. The number of carbonyl (C=O) groups is 2. The smallest absolute Gasteiger partial charge is 0.306 e. The van der Waals surface area contributed by atoms with Crippen LogP contribution < -0.4 is 5.32 Å². The number of ether oxygens (including phenoxy) is 1. The van der Waals surface area contributed by atoms with Crippen LogP contribution in [0.15, 0.2) is 60.8 Å². The van der Waals surface area contributed by atoms with Gasteiger partial charge in [0, 0.05) is 6.42 Å². The quantitative estimate of drug-likeness (QED) is 0.0321. The van der Waals surface area contributed by atoms with E-state index in [-0.39, 0.29) is 24.9 Å². The fourth-order valence-electron chi connectivity index (χ4n) is 8.00. The van der Waals surface area contributed by atoms with Gasteiger partial charge in [-0.15, -0.1) is 0 Å². The van der Waals surface area contributed by atoms with Crippen LogP contribution in [0.25, 0.3) is 0 Å². The van der Waals surface area contributed by atoms with Crippen molar-refractivity contribution in [2.75, 3.05) is 6.61 Å². The minimum absolute atomic E-state index is 0.0587. The molecule has 0 saturated heterocycles. The van der Waals surface area contributed by atoms with Gasteiger partial charge in [0.05, 0.1) is 25.2 Å². The van der Waals surface area contributed by atoms with Crippen molar-refractivity contribution >= 4 is 11.9 Å². The molecule has 63 heavy (non-hydrogen) atoms. The Labute approximate surface area is 390 Å². The number of aliphatic hydroxyl groups is 2. The molecule has 0 aromatic carbocycles. The average molecular weight is 882 g/mol. The van der Waals surface area contributed by atoms with Gasteiger partial charge < -0.3 is 20.3 Å². The molecule has 0 aromatic heterocycles. The Bertz CT molecular complexity index is 1130. The van der Waals surface area contributed by atoms with Crippen LogP contribution in [-0.2, 0) is 14.3 Å². The van der Waals surface area contributed by atoms with E-state index in [0.717, 1.165) is 103 Å². The summed E-state index contributed by atoms with van der Waals surface area (Å²) in [5, 5.41) is 23.8. The minimum Gasteiger partial charge on any atom is -0.462 e. The van der Waals surface area contributed by atoms with Crippen molar-refractivity contribution in [3.8, 4) is 0 Å². The fraction of sp³-hybridized carbons (Fsp3) is 0.789. The van der Waals surface area contributed by atoms with Crippen molar-refractivity contribution in [2.24, 2.45) is 0 Å². The van der Waals surface area contributed by atoms with E-state index in [1.54, 1.807) is 0 Å². The Balaban J connectivity index is 4.60. The van der Waals surface area contributed by atoms with Crippen LogP contribution in [0.1, 0.15) is 265 Å². The molecule has 0 heterocycles. The number of nitrogens with one attached hydrogen (secondary N) is 1. The summed E-state index contributed by atoms with van der Waals surface area (Å²) in [6.45, 7) is 6.35. The zero-order valence-corrected chi connectivity index (χ0v) is 41.7. The Morgan fingerprint density at radius 1 is 0.476 bits per heavy atom. The summed E-state index contributed by atoms with van der Waals surface area (Å²) < 4.78 is 5.93. The lowest BCUT2D eigenvalue weighted by atomic mass is 10.0. The van der Waals surface area contributed by atoms with Gasteiger partial charge in [0.1, 0.15) is 6.10 Å². The molecule has 6 nitrogen and oxygen atoms in total. The van der Waals surface area contributed by atoms with E-state index in [0.29, 0.717) is 19.3 Å². The third-order valence-corrected chi connectivity index (χ3v) is 12.1. The van der Waals surface area contributed by atoms with Crippen LogP contribution in [0.3, 0.4) is 0 Å². The summed E-state index contributed by atoms with van der Waals surface area (Å²) in [5.74, 6) is -0.501. The monoisotopic (exact) mass is 882 g/mol. The van der Waals surface area contributed by atoms with E-state index >= 15 is 0 Å². The maximum Gasteiger partial charge on any atom is 0.306 e. The first-order valence-electron chi connectivity index (χ1n) is 27.0. The maximum atomic E-state index is 13.2. The van der Waals surface area contributed by atoms with Gasteiger partial charge in [0.25, 0.3) is 0 Å².